The number of ether oxygens (including phenoxy) is 2. The van der Waals surface area contributed by atoms with E-state index < -0.39 is 0 Å². The molecule has 0 aromatic carbocycles. The molecule has 1 atom stereocenters. The molecule has 2 heteroatoms. The second kappa shape index (κ2) is 10.0. The standard InChI is InChI=1S/C11H24O2/c1-4-6-7-8-9-10-13-11(3)12-5-2/h11H,4-10H2,1-3H3. The Morgan fingerprint density at radius 3 is 2.23 bits per heavy atom. The minimum absolute atomic E-state index is 0.0313. The minimum Gasteiger partial charge on any atom is -0.353 e. The molecule has 0 saturated carbocycles. The van der Waals surface area contributed by atoms with Crippen molar-refractivity contribution in [1.82, 2.24) is 0 Å². The Hall–Kier alpha value is -0.0800. The highest BCUT2D eigenvalue weighted by atomic mass is 16.7. The molecule has 0 spiro atoms. The fourth-order valence-corrected chi connectivity index (χ4v) is 1.24. The summed E-state index contributed by atoms with van der Waals surface area (Å²) in [4.78, 5) is 0. The Labute approximate surface area is 82.6 Å². The summed E-state index contributed by atoms with van der Waals surface area (Å²) in [6.45, 7) is 7.74. The normalized spacial score (nSPS) is 13.2. The third-order valence-electron chi connectivity index (χ3n) is 2.00. The van der Waals surface area contributed by atoms with Crippen LogP contribution in [0.15, 0.2) is 0 Å². The average Bonchev–Trinajstić information content (AvgIpc) is 2.11. The monoisotopic (exact) mass is 188 g/mol. The Morgan fingerprint density at radius 2 is 1.62 bits per heavy atom. The molecule has 0 amide bonds. The van der Waals surface area contributed by atoms with Gasteiger partial charge < -0.3 is 9.47 Å². The highest BCUT2D eigenvalue weighted by Gasteiger charge is 1.98. The molecule has 0 bridgehead atoms. The highest BCUT2D eigenvalue weighted by Crippen LogP contribution is 2.03. The van der Waals surface area contributed by atoms with E-state index in [-0.39, 0.29) is 6.29 Å². The number of hydrogen-bond acceptors (Lipinski definition) is 2. The molecule has 80 valence electrons. The van der Waals surface area contributed by atoms with E-state index in [1.807, 2.05) is 13.8 Å². The van der Waals surface area contributed by atoms with Crippen LogP contribution in [0.25, 0.3) is 0 Å². The van der Waals surface area contributed by atoms with Crippen LogP contribution in [0.4, 0.5) is 0 Å². The quantitative estimate of drug-likeness (QED) is 0.408. The van der Waals surface area contributed by atoms with Gasteiger partial charge in [-0.25, -0.2) is 0 Å². The molecule has 2 nitrogen and oxygen atoms in total. The molecule has 0 radical (unpaired) electrons. The Kier molecular flexibility index (Phi) is 9.94. The summed E-state index contributed by atoms with van der Waals surface area (Å²) in [7, 11) is 0. The molecule has 0 rings (SSSR count). The van der Waals surface area contributed by atoms with Gasteiger partial charge in [0.25, 0.3) is 0 Å². The molecule has 0 aliphatic heterocycles. The van der Waals surface area contributed by atoms with Gasteiger partial charge >= 0.3 is 0 Å². The van der Waals surface area contributed by atoms with E-state index in [4.69, 9.17) is 9.47 Å². The fourth-order valence-electron chi connectivity index (χ4n) is 1.24. The first-order valence-corrected chi connectivity index (χ1v) is 5.54. The lowest BCUT2D eigenvalue weighted by Crippen LogP contribution is -2.13. The van der Waals surface area contributed by atoms with Gasteiger partial charge in [-0.1, -0.05) is 32.6 Å². The Balaban J connectivity index is 2.97. The molecule has 0 aliphatic rings. The van der Waals surface area contributed by atoms with Gasteiger partial charge in [0.2, 0.25) is 0 Å². The van der Waals surface area contributed by atoms with Crippen LogP contribution in [-0.2, 0) is 9.47 Å². The third-order valence-corrected chi connectivity index (χ3v) is 2.00. The number of hydrogen-bond donors (Lipinski definition) is 0. The molecule has 0 aliphatic carbocycles. The van der Waals surface area contributed by atoms with Crippen molar-refractivity contribution >= 4 is 0 Å². The predicted octanol–water partition coefficient (Wildman–Crippen LogP) is 3.36. The van der Waals surface area contributed by atoms with E-state index in [1.54, 1.807) is 0 Å². The maximum Gasteiger partial charge on any atom is 0.154 e. The van der Waals surface area contributed by atoms with Crippen LogP contribution in [0.1, 0.15) is 52.9 Å². The molecule has 0 aromatic heterocycles. The van der Waals surface area contributed by atoms with Crippen LogP contribution in [0.5, 0.6) is 0 Å². The van der Waals surface area contributed by atoms with Gasteiger partial charge in [0.15, 0.2) is 6.29 Å². The summed E-state index contributed by atoms with van der Waals surface area (Å²) in [5.74, 6) is 0. The molecular formula is C11H24O2. The van der Waals surface area contributed by atoms with Crippen molar-refractivity contribution < 1.29 is 9.47 Å². The molecular weight excluding hydrogens is 164 g/mol. The van der Waals surface area contributed by atoms with Crippen molar-refractivity contribution in [3.8, 4) is 0 Å². The lowest BCUT2D eigenvalue weighted by Gasteiger charge is -2.12. The van der Waals surface area contributed by atoms with Gasteiger partial charge in [-0.05, 0) is 20.3 Å². The highest BCUT2D eigenvalue weighted by molar-refractivity contribution is 4.42. The molecule has 0 saturated heterocycles. The second-order valence-electron chi connectivity index (χ2n) is 3.31. The fraction of sp³-hybridized carbons (Fsp3) is 1.00. The zero-order chi connectivity index (χ0) is 9.94. The largest absolute Gasteiger partial charge is 0.353 e. The number of rotatable bonds is 9. The number of unbranched alkanes of at least 4 members (excludes halogenated alkanes) is 4. The maximum atomic E-state index is 5.44. The van der Waals surface area contributed by atoms with Crippen molar-refractivity contribution in [3.63, 3.8) is 0 Å². The molecule has 1 unspecified atom stereocenters. The summed E-state index contributed by atoms with van der Waals surface area (Å²) in [6.07, 6.45) is 6.40. The zero-order valence-electron chi connectivity index (χ0n) is 9.34. The Bertz CT molecular complexity index is 94.1. The summed E-state index contributed by atoms with van der Waals surface area (Å²) < 4.78 is 10.7. The van der Waals surface area contributed by atoms with Crippen LogP contribution < -0.4 is 0 Å². The van der Waals surface area contributed by atoms with Crippen molar-refractivity contribution in [2.75, 3.05) is 13.2 Å². The molecule has 13 heavy (non-hydrogen) atoms. The zero-order valence-corrected chi connectivity index (χ0v) is 9.34. The predicted molar refractivity (Wildman–Crippen MR) is 55.8 cm³/mol. The summed E-state index contributed by atoms with van der Waals surface area (Å²) in [5, 5.41) is 0. The minimum atomic E-state index is -0.0313. The van der Waals surface area contributed by atoms with E-state index in [2.05, 4.69) is 6.92 Å². The topological polar surface area (TPSA) is 18.5 Å². The summed E-state index contributed by atoms with van der Waals surface area (Å²) in [6, 6.07) is 0. The van der Waals surface area contributed by atoms with Gasteiger partial charge in [0.1, 0.15) is 0 Å². The first-order valence-electron chi connectivity index (χ1n) is 5.54. The van der Waals surface area contributed by atoms with E-state index in [1.165, 1.54) is 25.7 Å². The maximum absolute atomic E-state index is 5.44. The molecule has 0 N–H and O–H groups in total. The van der Waals surface area contributed by atoms with E-state index >= 15 is 0 Å². The van der Waals surface area contributed by atoms with Crippen molar-refractivity contribution in [1.29, 1.82) is 0 Å². The second-order valence-corrected chi connectivity index (χ2v) is 3.31. The van der Waals surface area contributed by atoms with Gasteiger partial charge in [0, 0.05) is 13.2 Å². The Morgan fingerprint density at radius 1 is 0.923 bits per heavy atom. The van der Waals surface area contributed by atoms with Crippen LogP contribution in [0.3, 0.4) is 0 Å². The van der Waals surface area contributed by atoms with Crippen molar-refractivity contribution in [3.05, 3.63) is 0 Å². The first-order chi connectivity index (χ1) is 6.31. The van der Waals surface area contributed by atoms with Crippen LogP contribution in [0, 0.1) is 0 Å². The third kappa shape index (κ3) is 9.84. The molecule has 0 heterocycles. The van der Waals surface area contributed by atoms with E-state index in [0.717, 1.165) is 19.6 Å². The van der Waals surface area contributed by atoms with Gasteiger partial charge in [-0.3, -0.25) is 0 Å². The lowest BCUT2D eigenvalue weighted by molar-refractivity contribution is -0.127. The van der Waals surface area contributed by atoms with Crippen LogP contribution in [0.2, 0.25) is 0 Å². The SMILES string of the molecule is CCCCCCCOC(C)OCC. The van der Waals surface area contributed by atoms with Crippen molar-refractivity contribution in [2.45, 2.75) is 59.2 Å². The first kappa shape index (κ1) is 12.9. The smallest absolute Gasteiger partial charge is 0.154 e. The van der Waals surface area contributed by atoms with E-state index in [9.17, 15) is 0 Å². The summed E-state index contributed by atoms with van der Waals surface area (Å²) in [5.41, 5.74) is 0. The van der Waals surface area contributed by atoms with E-state index in [0.29, 0.717) is 0 Å². The summed E-state index contributed by atoms with van der Waals surface area (Å²) >= 11 is 0. The van der Waals surface area contributed by atoms with Gasteiger partial charge in [-0.15, -0.1) is 0 Å². The lowest BCUT2D eigenvalue weighted by atomic mass is 10.2. The van der Waals surface area contributed by atoms with Crippen LogP contribution in [-0.4, -0.2) is 19.5 Å². The van der Waals surface area contributed by atoms with Crippen molar-refractivity contribution in [2.24, 2.45) is 0 Å². The van der Waals surface area contributed by atoms with Crippen LogP contribution >= 0.6 is 0 Å². The average molecular weight is 188 g/mol. The van der Waals surface area contributed by atoms with Gasteiger partial charge in [0.05, 0.1) is 0 Å². The van der Waals surface area contributed by atoms with Gasteiger partial charge in [-0.2, -0.15) is 0 Å². The molecule has 0 fully saturated rings. The molecule has 0 aromatic rings.